The van der Waals surface area contributed by atoms with E-state index in [1.165, 1.54) is 42.1 Å². The summed E-state index contributed by atoms with van der Waals surface area (Å²) in [6.07, 6.45) is 5.24. The summed E-state index contributed by atoms with van der Waals surface area (Å²) >= 11 is 1.89. The van der Waals surface area contributed by atoms with Crippen molar-refractivity contribution in [1.82, 2.24) is 67.4 Å². The Balaban J connectivity index is 1.41. The van der Waals surface area contributed by atoms with Gasteiger partial charge in [0, 0.05) is 62.6 Å². The third-order valence-electron chi connectivity index (χ3n) is 15.7. The molecule has 11 atom stereocenters. The number of carbonyl (C=O) groups excluding carboxylic acids is 9. The van der Waals surface area contributed by atoms with Crippen molar-refractivity contribution in [2.24, 2.45) is 39.9 Å². The summed E-state index contributed by atoms with van der Waals surface area (Å²) in [6.45, 7) is 10.4. The number of phenolic OH excluding ortho intramolecular Hbond substituents is 1. The molecular weight excluding hydrogens is 1330 g/mol. The van der Waals surface area contributed by atoms with E-state index in [4.69, 9.17) is 17.2 Å². The van der Waals surface area contributed by atoms with Crippen LogP contribution in [0.1, 0.15) is 109 Å². The van der Waals surface area contributed by atoms with Crippen LogP contribution in [0.2, 0.25) is 0 Å². The molecule has 2 aromatic heterocycles. The molecule has 9 amide bonds. The molecule has 512 valence electrons. The predicted molar refractivity (Wildman–Crippen MR) is 351 cm³/mol. The van der Waals surface area contributed by atoms with Crippen LogP contribution < -0.4 is 59.7 Å². The number of hydrogen-bond donors (Lipinski definition) is 16. The fourth-order valence-corrected chi connectivity index (χ4v) is 11.0. The van der Waals surface area contributed by atoms with Crippen LogP contribution in [0.3, 0.4) is 0 Å². The highest BCUT2D eigenvalue weighted by Crippen LogP contribution is 2.24. The summed E-state index contributed by atoms with van der Waals surface area (Å²) in [5, 5.41) is 51.1. The second-order valence-electron chi connectivity index (χ2n) is 24.0. The van der Waals surface area contributed by atoms with Crippen molar-refractivity contribution in [3.05, 3.63) is 99.7 Å². The number of benzene rings is 2. The van der Waals surface area contributed by atoms with Crippen LogP contribution in [0.4, 0.5) is 0 Å². The maximum absolute atomic E-state index is 15.1. The number of aromatic hydroxyl groups is 1. The van der Waals surface area contributed by atoms with Gasteiger partial charge in [0.1, 0.15) is 60.1 Å². The summed E-state index contributed by atoms with van der Waals surface area (Å²) in [4.78, 5) is 172. The van der Waals surface area contributed by atoms with Crippen molar-refractivity contribution >= 4 is 93.7 Å². The third kappa shape index (κ3) is 23.7. The van der Waals surface area contributed by atoms with Gasteiger partial charge in [-0.05, 0) is 95.7 Å². The zero-order chi connectivity index (χ0) is 69.3. The minimum absolute atomic E-state index is 0.0414. The SMILES string of the molecule is CC[C@H](C)[C@H](NC(=O)[C@H](Cc1ccc(O)c(I)c1)NC(=O)[C@@H](NC(=O)[C@H](CCCN=C(N)N)NC(=O)[C@@H](N)CC(=O)O)C(C)C)C(=O)N[C@@H](Cc1cnc[nH]1)C(=O)N1CCC[C@H]1C(=O)N[C@@H](Cc1ccccc1)C(=O)N[C@@H](Cc1cnc[nH]1)C(=O)N[C@@H](CC(C)C)C(=O)O. The first kappa shape index (κ1) is 75.5. The Labute approximate surface area is 557 Å². The number of aromatic nitrogens is 4. The molecule has 4 aromatic rings. The molecule has 0 aliphatic carbocycles. The van der Waals surface area contributed by atoms with Crippen LogP contribution in [0.15, 0.2) is 78.6 Å². The van der Waals surface area contributed by atoms with Crippen molar-refractivity contribution in [2.45, 2.75) is 173 Å². The van der Waals surface area contributed by atoms with E-state index in [1.54, 1.807) is 77.9 Å². The number of phenols is 1. The van der Waals surface area contributed by atoms with Crippen LogP contribution in [0.5, 0.6) is 5.75 Å². The van der Waals surface area contributed by atoms with Crippen molar-refractivity contribution in [3.63, 3.8) is 0 Å². The van der Waals surface area contributed by atoms with Crippen molar-refractivity contribution < 1.29 is 68.1 Å². The molecule has 1 fully saturated rings. The predicted octanol–water partition coefficient (Wildman–Crippen LogP) is -0.729. The summed E-state index contributed by atoms with van der Waals surface area (Å²) in [6, 6.07) is -0.469. The number of aromatic amines is 2. The average Bonchev–Trinajstić information content (AvgIpc) is 1.55. The van der Waals surface area contributed by atoms with Gasteiger partial charge in [0.2, 0.25) is 53.2 Å². The maximum Gasteiger partial charge on any atom is 0.326 e. The first-order valence-corrected chi connectivity index (χ1v) is 32.1. The number of hydrogen-bond acceptors (Lipinski definition) is 16. The van der Waals surface area contributed by atoms with E-state index < -0.39 is 144 Å². The van der Waals surface area contributed by atoms with E-state index in [2.05, 4.69) is 67.5 Å². The van der Waals surface area contributed by atoms with E-state index in [9.17, 15) is 63.3 Å². The lowest BCUT2D eigenvalue weighted by atomic mass is 9.96. The molecule has 32 heteroatoms. The van der Waals surface area contributed by atoms with Gasteiger partial charge in [0.25, 0.3) is 0 Å². The van der Waals surface area contributed by atoms with Crippen LogP contribution in [-0.4, -0.2) is 185 Å². The third-order valence-corrected chi connectivity index (χ3v) is 16.6. The summed E-state index contributed by atoms with van der Waals surface area (Å²) in [5.74, 6) is -11.7. The number of carboxylic acids is 2. The zero-order valence-electron chi connectivity index (χ0n) is 53.4. The highest BCUT2D eigenvalue weighted by Gasteiger charge is 2.42. The number of guanidine groups is 1. The fourth-order valence-electron chi connectivity index (χ4n) is 10.4. The molecule has 0 bridgehead atoms. The van der Waals surface area contributed by atoms with E-state index in [0.29, 0.717) is 38.9 Å². The van der Waals surface area contributed by atoms with Crippen molar-refractivity contribution in [1.29, 1.82) is 0 Å². The monoisotopic (exact) mass is 1420 g/mol. The Morgan fingerprint density at radius 3 is 1.76 bits per heavy atom. The zero-order valence-corrected chi connectivity index (χ0v) is 55.5. The lowest BCUT2D eigenvalue weighted by molar-refractivity contribution is -0.143. The molecule has 1 saturated heterocycles. The highest BCUT2D eigenvalue weighted by molar-refractivity contribution is 14.1. The van der Waals surface area contributed by atoms with Gasteiger partial charge < -0.3 is 89.9 Å². The molecule has 0 spiro atoms. The van der Waals surface area contributed by atoms with Crippen molar-refractivity contribution in [2.75, 3.05) is 13.1 Å². The number of aliphatic imine (C=N–C) groups is 1. The molecule has 3 heterocycles. The van der Waals surface area contributed by atoms with Crippen LogP contribution in [0.25, 0.3) is 0 Å². The van der Waals surface area contributed by atoms with E-state index in [0.717, 1.165) is 0 Å². The molecule has 5 rings (SSSR count). The van der Waals surface area contributed by atoms with Gasteiger partial charge in [0.15, 0.2) is 5.96 Å². The minimum Gasteiger partial charge on any atom is -0.507 e. The molecule has 0 unspecified atom stereocenters. The van der Waals surface area contributed by atoms with Gasteiger partial charge in [0.05, 0.1) is 28.7 Å². The average molecular weight is 1420 g/mol. The van der Waals surface area contributed by atoms with Gasteiger partial charge in [-0.2, -0.15) is 0 Å². The smallest absolute Gasteiger partial charge is 0.326 e. The first-order chi connectivity index (χ1) is 44.5. The van der Waals surface area contributed by atoms with E-state index >= 15 is 4.79 Å². The maximum atomic E-state index is 15.1. The molecule has 0 saturated carbocycles. The quantitative estimate of drug-likeness (QED) is 0.0115. The summed E-state index contributed by atoms with van der Waals surface area (Å²) in [5.41, 5.74) is 18.7. The Morgan fingerprint density at radius 2 is 1.19 bits per heavy atom. The van der Waals surface area contributed by atoms with E-state index in [1.807, 2.05) is 22.6 Å². The number of aliphatic carboxylic acids is 2. The number of carboxylic acid groups (broad SMARTS) is 2. The second kappa shape index (κ2) is 36.9. The van der Waals surface area contributed by atoms with E-state index in [-0.39, 0.29) is 82.1 Å². The van der Waals surface area contributed by atoms with Crippen LogP contribution in [-0.2, 0) is 78.4 Å². The lowest BCUT2D eigenvalue weighted by Gasteiger charge is -2.32. The van der Waals surface area contributed by atoms with Crippen molar-refractivity contribution in [3.8, 4) is 5.75 Å². The molecule has 1 aliphatic heterocycles. The number of nitrogens with one attached hydrogen (secondary N) is 10. The molecule has 31 nitrogen and oxygen atoms in total. The number of nitrogens with zero attached hydrogens (tertiary/aromatic N) is 4. The molecule has 0 radical (unpaired) electrons. The lowest BCUT2D eigenvalue weighted by Crippen LogP contribution is -2.62. The molecule has 94 heavy (non-hydrogen) atoms. The van der Waals surface area contributed by atoms with Gasteiger partial charge in [-0.1, -0.05) is 84.4 Å². The van der Waals surface area contributed by atoms with Gasteiger partial charge in [-0.25, -0.2) is 14.8 Å². The van der Waals surface area contributed by atoms with Crippen LogP contribution in [0, 0.1) is 21.3 Å². The highest BCUT2D eigenvalue weighted by atomic mass is 127. The fraction of sp³-hybridized carbons (Fsp3) is 0.516. The number of carbonyl (C=O) groups is 11. The Bertz CT molecular complexity index is 3260. The number of imidazole rings is 2. The number of rotatable bonds is 37. The topological polar surface area (TPSA) is 496 Å². The van der Waals surface area contributed by atoms with Crippen LogP contribution >= 0.6 is 22.6 Å². The molecule has 1 aliphatic rings. The number of H-pyrrole nitrogens is 2. The Hall–Kier alpha value is -9.21. The number of amides is 9. The Kier molecular flexibility index (Phi) is 29.6. The summed E-state index contributed by atoms with van der Waals surface area (Å²) < 4.78 is 0.409. The van der Waals surface area contributed by atoms with Gasteiger partial charge >= 0.3 is 11.9 Å². The molecule has 2 aromatic carbocycles. The van der Waals surface area contributed by atoms with Gasteiger partial charge in [-0.15, -0.1) is 0 Å². The molecule has 19 N–H and O–H groups in total. The molecular formula is C62H88IN17O14. The summed E-state index contributed by atoms with van der Waals surface area (Å²) in [7, 11) is 0. The number of likely N-dealkylation sites (tertiary alicyclic amines) is 1. The van der Waals surface area contributed by atoms with Gasteiger partial charge in [-0.3, -0.25) is 52.9 Å². The normalized spacial score (nSPS) is 16.1. The first-order valence-electron chi connectivity index (χ1n) is 31.0. The Morgan fingerprint density at radius 1 is 0.660 bits per heavy atom. The minimum atomic E-state index is -1.53. The number of halogens is 1. The number of nitrogens with two attached hydrogens (primary N) is 3. The standard InChI is InChI=1S/C62H88IN17O14/c1-7-34(6)51(79-56(88)43(24-36-17-18-48(81)39(63)22-36)75-58(90)50(33(4)5)78-53(85)41(15-11-19-69-62(65)66)72-52(84)40(64)27-49(82)83)59(91)76-45(26-38-29-68-31-71-38)60(92)80-20-12-16-47(80)57(89)74-42(23-35-13-9-8-10-14-35)54(86)73-44(25-37-28-67-30-70-37)55(87)77-46(61(93)94)21-32(2)3/h8-10,13-14,17-18,22,28-34,40-47,50-51,81H,7,11-12,15-16,19-21,23-27,64H2,1-6H3,(H,67,70)(H,68,71)(H,72,84)(H,73,86)(H,74,89)(H,75,90)(H,76,91)(H,77,87)(H,78,85)(H,79,88)(H,82,83)(H,93,94)(H4,65,66,69)/t34-,40-,41-,42-,43-,44-,45-,46-,47-,50-,51-/m0/s1. The second-order valence-corrected chi connectivity index (χ2v) is 25.2. The largest absolute Gasteiger partial charge is 0.507 e.